The van der Waals surface area contributed by atoms with Crippen LogP contribution in [-0.4, -0.2) is 28.6 Å². The number of anilines is 3. The van der Waals surface area contributed by atoms with E-state index in [9.17, 15) is 14.0 Å². The van der Waals surface area contributed by atoms with Crippen LogP contribution in [0.5, 0.6) is 0 Å². The molecule has 2 aromatic rings. The molecular weight excluding hydrogens is 363 g/mol. The van der Waals surface area contributed by atoms with E-state index in [1.54, 1.807) is 27.7 Å². The number of nitrogens with one attached hydrogen (secondary N) is 3. The van der Waals surface area contributed by atoms with Crippen LogP contribution in [-0.2, 0) is 9.53 Å². The van der Waals surface area contributed by atoms with Gasteiger partial charge in [-0.2, -0.15) is 0 Å². The van der Waals surface area contributed by atoms with Gasteiger partial charge in [0, 0.05) is 11.8 Å². The maximum absolute atomic E-state index is 13.7. The summed E-state index contributed by atoms with van der Waals surface area (Å²) >= 11 is 0. The quantitative estimate of drug-likeness (QED) is 0.689. The molecule has 8 heteroatoms. The lowest BCUT2D eigenvalue weighted by molar-refractivity contribution is -0.118. The Balaban J connectivity index is 2.13. The summed E-state index contributed by atoms with van der Waals surface area (Å²) in [6, 6.07) is 9.48. The highest BCUT2D eigenvalue weighted by atomic mass is 19.1. The second-order valence-electron chi connectivity index (χ2n) is 7.14. The van der Waals surface area contributed by atoms with Crippen molar-refractivity contribution in [1.82, 2.24) is 10.3 Å². The van der Waals surface area contributed by atoms with E-state index in [0.717, 1.165) is 18.0 Å². The van der Waals surface area contributed by atoms with E-state index >= 15 is 0 Å². The van der Waals surface area contributed by atoms with Crippen molar-refractivity contribution < 1.29 is 18.7 Å². The van der Waals surface area contributed by atoms with Crippen LogP contribution in [0.15, 0.2) is 42.6 Å². The van der Waals surface area contributed by atoms with Gasteiger partial charge in [-0.3, -0.25) is 4.79 Å². The minimum atomic E-state index is -0.845. The van der Waals surface area contributed by atoms with Gasteiger partial charge in [-0.25, -0.2) is 14.2 Å². The van der Waals surface area contributed by atoms with Crippen molar-refractivity contribution in [3.8, 4) is 0 Å². The van der Waals surface area contributed by atoms with Gasteiger partial charge in [0.1, 0.15) is 17.5 Å². The Morgan fingerprint density at radius 1 is 1.21 bits per heavy atom. The van der Waals surface area contributed by atoms with E-state index in [1.807, 2.05) is 30.3 Å². The van der Waals surface area contributed by atoms with Crippen LogP contribution in [0.3, 0.4) is 0 Å². The molecule has 0 saturated carbocycles. The number of nitrogens with zero attached hydrogens (tertiary/aromatic N) is 1. The molecule has 28 heavy (non-hydrogen) atoms. The summed E-state index contributed by atoms with van der Waals surface area (Å²) < 4.78 is 18.9. The van der Waals surface area contributed by atoms with Crippen LogP contribution in [0.25, 0.3) is 0 Å². The first kappa shape index (κ1) is 21.1. The number of pyridine rings is 1. The zero-order valence-electron chi connectivity index (χ0n) is 16.4. The smallest absolute Gasteiger partial charge is 0.408 e. The number of para-hydroxylation sites is 1. The first-order chi connectivity index (χ1) is 13.2. The van der Waals surface area contributed by atoms with Crippen LogP contribution < -0.4 is 16.0 Å². The molecule has 2 rings (SSSR count). The van der Waals surface area contributed by atoms with Crippen LogP contribution in [0.2, 0.25) is 0 Å². The van der Waals surface area contributed by atoms with E-state index in [0.29, 0.717) is 6.42 Å². The number of ether oxygens (including phenoxy) is 1. The molecule has 150 valence electrons. The number of aromatic nitrogens is 1. The summed E-state index contributed by atoms with van der Waals surface area (Å²) in [7, 11) is 0. The monoisotopic (exact) mass is 388 g/mol. The third-order valence-electron chi connectivity index (χ3n) is 3.56. The van der Waals surface area contributed by atoms with Crippen molar-refractivity contribution >= 4 is 29.2 Å². The normalized spacial score (nSPS) is 12.0. The Hall–Kier alpha value is -3.16. The lowest BCUT2D eigenvalue weighted by Gasteiger charge is -2.23. The zero-order valence-corrected chi connectivity index (χ0v) is 16.4. The Kier molecular flexibility index (Phi) is 6.92. The molecule has 1 atom stereocenters. The molecular formula is C20H25FN4O3. The van der Waals surface area contributed by atoms with E-state index in [2.05, 4.69) is 20.9 Å². The fourth-order valence-corrected chi connectivity index (χ4v) is 2.32. The van der Waals surface area contributed by atoms with Crippen molar-refractivity contribution in [3.63, 3.8) is 0 Å². The number of hydrogen-bond donors (Lipinski definition) is 3. The van der Waals surface area contributed by atoms with E-state index in [1.165, 1.54) is 0 Å². The molecule has 0 fully saturated rings. The SMILES string of the molecule is CC[C@H](NC(=O)OC(C)(C)C)C(=O)Nc1cc(F)cnc1Nc1ccccc1. The lowest BCUT2D eigenvalue weighted by Crippen LogP contribution is -2.45. The molecule has 0 aliphatic heterocycles. The van der Waals surface area contributed by atoms with Crippen LogP contribution in [0, 0.1) is 5.82 Å². The maximum Gasteiger partial charge on any atom is 0.408 e. The molecule has 1 heterocycles. The third kappa shape index (κ3) is 6.53. The maximum atomic E-state index is 13.7. The molecule has 1 aromatic carbocycles. The van der Waals surface area contributed by atoms with Gasteiger partial charge < -0.3 is 20.7 Å². The molecule has 0 aliphatic carbocycles. The summed E-state index contributed by atoms with van der Waals surface area (Å²) in [6.07, 6.45) is 0.682. The summed E-state index contributed by atoms with van der Waals surface area (Å²) in [5.41, 5.74) is 0.215. The van der Waals surface area contributed by atoms with Gasteiger partial charge in [0.05, 0.1) is 11.9 Å². The molecule has 3 N–H and O–H groups in total. The van der Waals surface area contributed by atoms with Gasteiger partial charge in [-0.1, -0.05) is 25.1 Å². The number of carbonyl (C=O) groups excluding carboxylic acids is 2. The average Bonchev–Trinajstić information content (AvgIpc) is 2.61. The van der Waals surface area contributed by atoms with Crippen molar-refractivity contribution in [2.45, 2.75) is 45.8 Å². The first-order valence-electron chi connectivity index (χ1n) is 8.96. The highest BCUT2D eigenvalue weighted by Gasteiger charge is 2.24. The van der Waals surface area contributed by atoms with Crippen LogP contribution in [0.1, 0.15) is 34.1 Å². The molecule has 1 aromatic heterocycles. The molecule has 0 saturated heterocycles. The number of alkyl carbamates (subject to hydrolysis) is 1. The Morgan fingerprint density at radius 3 is 2.50 bits per heavy atom. The minimum Gasteiger partial charge on any atom is -0.444 e. The molecule has 2 amide bonds. The zero-order chi connectivity index (χ0) is 20.7. The Labute approximate surface area is 163 Å². The largest absolute Gasteiger partial charge is 0.444 e. The van der Waals surface area contributed by atoms with Crippen molar-refractivity contribution in [2.24, 2.45) is 0 Å². The number of benzene rings is 1. The lowest BCUT2D eigenvalue weighted by atomic mass is 10.2. The van der Waals surface area contributed by atoms with Crippen LogP contribution >= 0.6 is 0 Å². The number of halogens is 1. The molecule has 0 aliphatic rings. The summed E-state index contributed by atoms with van der Waals surface area (Å²) in [5, 5.41) is 8.17. The predicted molar refractivity (Wildman–Crippen MR) is 106 cm³/mol. The second kappa shape index (κ2) is 9.16. The fraction of sp³-hybridized carbons (Fsp3) is 0.350. The summed E-state index contributed by atoms with van der Waals surface area (Å²) in [5.74, 6) is -0.813. The molecule has 0 spiro atoms. The van der Waals surface area contributed by atoms with Crippen LogP contribution in [0.4, 0.5) is 26.4 Å². The third-order valence-corrected chi connectivity index (χ3v) is 3.56. The molecule has 0 radical (unpaired) electrons. The summed E-state index contributed by atoms with van der Waals surface area (Å²) in [6.45, 7) is 6.93. The van der Waals surface area contributed by atoms with Gasteiger partial charge in [0.15, 0.2) is 5.82 Å². The second-order valence-corrected chi connectivity index (χ2v) is 7.14. The Bertz CT molecular complexity index is 822. The number of amides is 2. The molecule has 0 unspecified atom stereocenters. The number of rotatable bonds is 6. The predicted octanol–water partition coefficient (Wildman–Crippen LogP) is 4.21. The standard InChI is InChI=1S/C20H25FN4O3/c1-5-15(25-19(27)28-20(2,3)4)18(26)24-16-11-13(21)12-22-17(16)23-14-9-7-6-8-10-14/h6-12,15H,5H2,1-4H3,(H,22,23)(H,24,26)(H,25,27)/t15-/m0/s1. The topological polar surface area (TPSA) is 92.3 Å². The molecule has 0 bridgehead atoms. The first-order valence-corrected chi connectivity index (χ1v) is 8.96. The van der Waals surface area contributed by atoms with Gasteiger partial charge in [0.25, 0.3) is 0 Å². The van der Waals surface area contributed by atoms with Crippen molar-refractivity contribution in [2.75, 3.05) is 10.6 Å². The Morgan fingerprint density at radius 2 is 1.89 bits per heavy atom. The van der Waals surface area contributed by atoms with Crippen molar-refractivity contribution in [1.29, 1.82) is 0 Å². The van der Waals surface area contributed by atoms with Gasteiger partial charge in [-0.05, 0) is 39.3 Å². The molecule has 7 nitrogen and oxygen atoms in total. The van der Waals surface area contributed by atoms with Crippen molar-refractivity contribution in [3.05, 3.63) is 48.4 Å². The summed E-state index contributed by atoms with van der Waals surface area (Å²) in [4.78, 5) is 28.6. The minimum absolute atomic E-state index is 0.165. The highest BCUT2D eigenvalue weighted by molar-refractivity contribution is 5.98. The van der Waals surface area contributed by atoms with Gasteiger partial charge in [-0.15, -0.1) is 0 Å². The fourth-order valence-electron chi connectivity index (χ4n) is 2.32. The van der Waals surface area contributed by atoms with Gasteiger partial charge in [0.2, 0.25) is 5.91 Å². The van der Waals surface area contributed by atoms with E-state index < -0.39 is 29.5 Å². The van der Waals surface area contributed by atoms with E-state index in [-0.39, 0.29) is 11.5 Å². The van der Waals surface area contributed by atoms with Gasteiger partial charge >= 0.3 is 6.09 Å². The number of hydrogen-bond acceptors (Lipinski definition) is 5. The average molecular weight is 388 g/mol. The highest BCUT2D eigenvalue weighted by Crippen LogP contribution is 2.24. The number of carbonyl (C=O) groups is 2. The van der Waals surface area contributed by atoms with E-state index in [4.69, 9.17) is 4.74 Å².